The first-order valence-electron chi connectivity index (χ1n) is 7.95. The van der Waals surface area contributed by atoms with Crippen molar-refractivity contribution in [3.05, 3.63) is 52.8 Å². The lowest BCUT2D eigenvalue weighted by Crippen LogP contribution is -2.27. The van der Waals surface area contributed by atoms with Crippen LogP contribution in [0.25, 0.3) is 22.0 Å². The molecule has 2 aromatic heterocycles. The highest BCUT2D eigenvalue weighted by Gasteiger charge is 2.17. The molecule has 1 amide bonds. The highest BCUT2D eigenvalue weighted by Crippen LogP contribution is 2.30. The average molecular weight is 354 g/mol. The lowest BCUT2D eigenvalue weighted by Gasteiger charge is -2.19. The van der Waals surface area contributed by atoms with Crippen molar-refractivity contribution in [1.29, 1.82) is 0 Å². The summed E-state index contributed by atoms with van der Waals surface area (Å²) in [4.78, 5) is 29.5. The van der Waals surface area contributed by atoms with E-state index in [2.05, 4.69) is 15.3 Å². The number of nitro benzene ring substituents is 1. The Bertz CT molecular complexity index is 971. The van der Waals surface area contributed by atoms with E-state index in [9.17, 15) is 14.9 Å². The van der Waals surface area contributed by atoms with Crippen LogP contribution in [0.1, 0.15) is 20.8 Å². The fourth-order valence-corrected chi connectivity index (χ4v) is 2.50. The molecular formula is C18H18N4O4. The van der Waals surface area contributed by atoms with Crippen LogP contribution in [0.4, 0.5) is 16.3 Å². The Morgan fingerprint density at radius 1 is 1.27 bits per heavy atom. The van der Waals surface area contributed by atoms with Gasteiger partial charge in [0.15, 0.2) is 0 Å². The molecule has 0 spiro atoms. The van der Waals surface area contributed by atoms with Gasteiger partial charge in [-0.3, -0.25) is 15.4 Å². The molecule has 2 heterocycles. The van der Waals surface area contributed by atoms with Crippen molar-refractivity contribution in [2.24, 2.45) is 0 Å². The van der Waals surface area contributed by atoms with Crippen LogP contribution in [0.3, 0.4) is 0 Å². The highest BCUT2D eigenvalue weighted by atomic mass is 16.6. The number of aromatic amines is 1. The molecule has 0 fully saturated rings. The average Bonchev–Trinajstić information content (AvgIpc) is 2.96. The Morgan fingerprint density at radius 3 is 2.58 bits per heavy atom. The van der Waals surface area contributed by atoms with Gasteiger partial charge in [-0.15, -0.1) is 0 Å². The highest BCUT2D eigenvalue weighted by molar-refractivity contribution is 5.97. The normalized spacial score (nSPS) is 11.3. The molecule has 0 bridgehead atoms. The van der Waals surface area contributed by atoms with E-state index in [1.54, 1.807) is 51.4 Å². The molecule has 3 aromatic rings. The van der Waals surface area contributed by atoms with Crippen LogP contribution in [0.5, 0.6) is 0 Å². The Hall–Kier alpha value is -3.42. The zero-order chi connectivity index (χ0) is 18.9. The number of carbonyl (C=O) groups is 1. The Balaban J connectivity index is 1.85. The van der Waals surface area contributed by atoms with E-state index >= 15 is 0 Å². The summed E-state index contributed by atoms with van der Waals surface area (Å²) in [7, 11) is 0. The van der Waals surface area contributed by atoms with Gasteiger partial charge in [0, 0.05) is 41.5 Å². The van der Waals surface area contributed by atoms with E-state index in [1.165, 1.54) is 12.1 Å². The van der Waals surface area contributed by atoms with Gasteiger partial charge < -0.3 is 9.72 Å². The third-order valence-electron chi connectivity index (χ3n) is 3.58. The third-order valence-corrected chi connectivity index (χ3v) is 3.58. The number of pyridine rings is 1. The van der Waals surface area contributed by atoms with Crippen LogP contribution in [-0.4, -0.2) is 26.6 Å². The van der Waals surface area contributed by atoms with Crippen LogP contribution < -0.4 is 5.32 Å². The molecule has 0 unspecified atom stereocenters. The molecule has 3 rings (SSSR count). The van der Waals surface area contributed by atoms with Gasteiger partial charge >= 0.3 is 6.09 Å². The minimum atomic E-state index is -0.594. The molecular weight excluding hydrogens is 336 g/mol. The number of ether oxygens (including phenoxy) is 1. The fraction of sp³-hybridized carbons (Fsp3) is 0.222. The van der Waals surface area contributed by atoms with Crippen LogP contribution in [0.2, 0.25) is 0 Å². The number of non-ortho nitro benzene ring substituents is 1. The number of nitrogens with one attached hydrogen (secondary N) is 2. The zero-order valence-corrected chi connectivity index (χ0v) is 14.6. The molecule has 2 N–H and O–H groups in total. The monoisotopic (exact) mass is 354 g/mol. The molecule has 8 nitrogen and oxygen atoms in total. The number of hydrogen-bond acceptors (Lipinski definition) is 5. The molecule has 0 saturated carbocycles. The van der Waals surface area contributed by atoms with Crippen molar-refractivity contribution >= 4 is 28.5 Å². The minimum absolute atomic E-state index is 0.0376. The third kappa shape index (κ3) is 3.80. The summed E-state index contributed by atoms with van der Waals surface area (Å²) in [6.45, 7) is 5.35. The summed E-state index contributed by atoms with van der Waals surface area (Å²) >= 11 is 0. The number of amides is 1. The first kappa shape index (κ1) is 17.4. The van der Waals surface area contributed by atoms with Crippen molar-refractivity contribution < 1.29 is 14.5 Å². The number of anilines is 1. The van der Waals surface area contributed by atoms with E-state index < -0.39 is 16.6 Å². The van der Waals surface area contributed by atoms with Crippen molar-refractivity contribution in [3.8, 4) is 11.1 Å². The second-order valence-electron chi connectivity index (χ2n) is 6.75. The molecule has 0 aliphatic carbocycles. The number of H-pyrrole nitrogens is 1. The molecule has 26 heavy (non-hydrogen) atoms. The second-order valence-corrected chi connectivity index (χ2v) is 6.75. The molecule has 0 atom stereocenters. The Morgan fingerprint density at radius 2 is 1.96 bits per heavy atom. The van der Waals surface area contributed by atoms with Gasteiger partial charge in [0.1, 0.15) is 11.4 Å². The first-order chi connectivity index (χ1) is 12.2. The lowest BCUT2D eigenvalue weighted by molar-refractivity contribution is -0.384. The largest absolute Gasteiger partial charge is 0.444 e. The SMILES string of the molecule is CC(C)(C)OC(=O)Nc1cc2[nH]cc(-c3ccc([N+](=O)[O-])cc3)c2cn1. The number of carbonyl (C=O) groups excluding carboxylic acids is 1. The van der Waals surface area contributed by atoms with Gasteiger partial charge in [0.2, 0.25) is 0 Å². The Labute approximate surface area is 149 Å². The van der Waals surface area contributed by atoms with Crippen molar-refractivity contribution in [1.82, 2.24) is 9.97 Å². The van der Waals surface area contributed by atoms with Gasteiger partial charge in [-0.1, -0.05) is 0 Å². The van der Waals surface area contributed by atoms with Gasteiger partial charge in [-0.25, -0.2) is 9.78 Å². The summed E-state index contributed by atoms with van der Waals surface area (Å²) in [5.74, 6) is 0.365. The molecule has 1 aromatic carbocycles. The number of rotatable bonds is 3. The number of aromatic nitrogens is 2. The smallest absolute Gasteiger partial charge is 0.413 e. The van der Waals surface area contributed by atoms with Gasteiger partial charge in [-0.05, 0) is 38.5 Å². The van der Waals surface area contributed by atoms with Gasteiger partial charge in [0.25, 0.3) is 5.69 Å². The molecule has 0 aliphatic rings. The van der Waals surface area contributed by atoms with Crippen molar-refractivity contribution in [2.75, 3.05) is 5.32 Å². The maximum atomic E-state index is 11.8. The molecule has 134 valence electrons. The van der Waals surface area contributed by atoms with E-state index in [-0.39, 0.29) is 5.69 Å². The number of nitrogens with zero attached hydrogens (tertiary/aromatic N) is 2. The lowest BCUT2D eigenvalue weighted by atomic mass is 10.1. The van der Waals surface area contributed by atoms with Crippen LogP contribution in [0, 0.1) is 10.1 Å². The van der Waals surface area contributed by atoms with E-state index in [1.807, 2.05) is 0 Å². The zero-order valence-electron chi connectivity index (χ0n) is 14.6. The summed E-state index contributed by atoms with van der Waals surface area (Å²) in [6, 6.07) is 8.00. The first-order valence-corrected chi connectivity index (χ1v) is 7.95. The summed E-state index contributed by atoms with van der Waals surface area (Å²) in [5, 5.41) is 14.2. The Kier molecular flexibility index (Phi) is 4.33. The number of hydrogen-bond donors (Lipinski definition) is 2. The predicted molar refractivity (Wildman–Crippen MR) is 98.0 cm³/mol. The van der Waals surface area contributed by atoms with E-state index in [0.29, 0.717) is 5.82 Å². The quantitative estimate of drug-likeness (QED) is 0.532. The van der Waals surface area contributed by atoms with E-state index in [4.69, 9.17) is 4.74 Å². The fourth-order valence-electron chi connectivity index (χ4n) is 2.50. The topological polar surface area (TPSA) is 110 Å². The van der Waals surface area contributed by atoms with Crippen LogP contribution in [0.15, 0.2) is 42.7 Å². The second kappa shape index (κ2) is 6.47. The number of fused-ring (bicyclic) bond motifs is 1. The van der Waals surface area contributed by atoms with Gasteiger partial charge in [-0.2, -0.15) is 0 Å². The van der Waals surface area contributed by atoms with Gasteiger partial charge in [0.05, 0.1) is 10.4 Å². The maximum absolute atomic E-state index is 11.8. The minimum Gasteiger partial charge on any atom is -0.444 e. The van der Waals surface area contributed by atoms with Crippen molar-refractivity contribution in [3.63, 3.8) is 0 Å². The van der Waals surface area contributed by atoms with Crippen LogP contribution in [-0.2, 0) is 4.74 Å². The maximum Gasteiger partial charge on any atom is 0.413 e. The molecule has 0 radical (unpaired) electrons. The number of benzene rings is 1. The molecule has 0 saturated heterocycles. The standard InChI is InChI=1S/C18H18N4O4/c1-18(2,3)26-17(23)21-16-8-15-14(10-20-16)13(9-19-15)11-4-6-12(7-5-11)22(24)25/h4-10,19H,1-3H3,(H,20,21,23). The van der Waals surface area contributed by atoms with Crippen molar-refractivity contribution in [2.45, 2.75) is 26.4 Å². The predicted octanol–water partition coefficient (Wildman–Crippen LogP) is 4.49. The van der Waals surface area contributed by atoms with Crippen LogP contribution >= 0.6 is 0 Å². The molecule has 8 heteroatoms. The summed E-state index contributed by atoms with van der Waals surface area (Å²) < 4.78 is 5.20. The summed E-state index contributed by atoms with van der Waals surface area (Å²) in [6.07, 6.45) is 2.85. The number of nitro groups is 1. The summed E-state index contributed by atoms with van der Waals surface area (Å²) in [5.41, 5.74) is 1.92. The van der Waals surface area contributed by atoms with E-state index in [0.717, 1.165) is 22.0 Å². The molecule has 0 aliphatic heterocycles.